The molecule has 0 aromatic carbocycles. The van der Waals surface area contributed by atoms with E-state index in [4.69, 9.17) is 5.73 Å². The second-order valence-electron chi connectivity index (χ2n) is 12.7. The Bertz CT molecular complexity index is 1260. The van der Waals surface area contributed by atoms with E-state index in [-0.39, 0.29) is 22.3 Å². The van der Waals surface area contributed by atoms with Gasteiger partial charge < -0.3 is 5.73 Å². The highest BCUT2D eigenvalue weighted by molar-refractivity contribution is 7.99. The van der Waals surface area contributed by atoms with Crippen LogP contribution < -0.4 is 16.3 Å². The van der Waals surface area contributed by atoms with E-state index in [2.05, 4.69) is 71.0 Å². The summed E-state index contributed by atoms with van der Waals surface area (Å²) in [6, 6.07) is 4.14. The lowest BCUT2D eigenvalue weighted by Gasteiger charge is -2.60. The molecule has 6 unspecified atom stereocenters. The van der Waals surface area contributed by atoms with E-state index in [9.17, 15) is 4.79 Å². The summed E-state index contributed by atoms with van der Waals surface area (Å²) >= 11 is 1.55. The Balaban J connectivity index is 0.00000107. The molecule has 0 saturated heterocycles. The predicted octanol–water partition coefficient (Wildman–Crippen LogP) is 6.61. The summed E-state index contributed by atoms with van der Waals surface area (Å²) in [6.45, 7) is 21.5. The number of nitrogens with two attached hydrogens (primary N) is 1. The molecule has 0 amide bonds. The Kier molecular flexibility index (Phi) is 8.36. The van der Waals surface area contributed by atoms with Crippen LogP contribution in [-0.4, -0.2) is 22.6 Å². The average molecular weight is 533 g/mol. The minimum absolute atomic E-state index is 0.0172. The maximum atomic E-state index is 13.9. The van der Waals surface area contributed by atoms with E-state index in [0.29, 0.717) is 29.3 Å². The van der Waals surface area contributed by atoms with Gasteiger partial charge in [0.25, 0.3) is 0 Å². The van der Waals surface area contributed by atoms with Crippen LogP contribution in [-0.2, 0) is 4.79 Å². The summed E-state index contributed by atoms with van der Waals surface area (Å²) in [5.41, 5.74) is 9.29. The summed E-state index contributed by atoms with van der Waals surface area (Å²) in [5.74, 6) is 2.36. The molecule has 1 aromatic rings. The van der Waals surface area contributed by atoms with Crippen molar-refractivity contribution < 1.29 is 4.79 Å². The summed E-state index contributed by atoms with van der Waals surface area (Å²) in [5, 5.41) is 2.69. The van der Waals surface area contributed by atoms with E-state index in [1.165, 1.54) is 18.4 Å². The number of carbonyl (C=O) groups excluding carboxylic acids is 1. The normalized spacial score (nSPS) is 37.9. The van der Waals surface area contributed by atoms with E-state index >= 15 is 0 Å². The van der Waals surface area contributed by atoms with Crippen LogP contribution >= 0.6 is 11.8 Å². The van der Waals surface area contributed by atoms with Crippen LogP contribution in [0.5, 0.6) is 0 Å². The molecule has 0 radical (unpaired) electrons. The first-order chi connectivity index (χ1) is 17.9. The van der Waals surface area contributed by atoms with Crippen molar-refractivity contribution in [3.8, 4) is 0 Å². The minimum Gasteiger partial charge on any atom is -0.327 e. The van der Waals surface area contributed by atoms with Crippen LogP contribution in [0.3, 0.4) is 0 Å². The topological polar surface area (TPSA) is 56.0 Å². The van der Waals surface area contributed by atoms with E-state index < -0.39 is 0 Å². The molecule has 1 heterocycles. The van der Waals surface area contributed by atoms with Gasteiger partial charge in [0, 0.05) is 16.9 Å². The van der Waals surface area contributed by atoms with Crippen molar-refractivity contribution in [3.05, 3.63) is 58.7 Å². The van der Waals surface area contributed by atoms with Crippen molar-refractivity contribution in [1.29, 1.82) is 0 Å². The molecule has 3 nitrogen and oxygen atoms in total. The van der Waals surface area contributed by atoms with Crippen LogP contribution in [0.15, 0.2) is 53.1 Å². The quantitative estimate of drug-likeness (QED) is 0.444. The van der Waals surface area contributed by atoms with Crippen LogP contribution in [0.25, 0.3) is 12.7 Å². The SMILES string of the molecule is C=C1C=CC2(C)C(=C1)CCC1C2C(N)CC2(C)C1CC[C@]2(C)C(=O)CSc1cc/c(=C/C)c(=C)n1.CCC. The lowest BCUT2D eigenvalue weighted by atomic mass is 9.44. The van der Waals surface area contributed by atoms with Crippen LogP contribution in [0.1, 0.15) is 80.1 Å². The van der Waals surface area contributed by atoms with Crippen molar-refractivity contribution >= 4 is 30.2 Å². The van der Waals surface area contributed by atoms with Gasteiger partial charge in [-0.2, -0.15) is 0 Å². The van der Waals surface area contributed by atoms with E-state index in [1.54, 1.807) is 11.8 Å². The van der Waals surface area contributed by atoms with Gasteiger partial charge in [-0.1, -0.05) is 102 Å². The van der Waals surface area contributed by atoms with Crippen LogP contribution in [0, 0.1) is 34.0 Å². The summed E-state index contributed by atoms with van der Waals surface area (Å²) in [6.07, 6.45) is 15.4. The van der Waals surface area contributed by atoms with Crippen molar-refractivity contribution in [2.24, 2.45) is 39.7 Å². The summed E-state index contributed by atoms with van der Waals surface area (Å²) in [7, 11) is 0. The Hall–Kier alpha value is -1.91. The van der Waals surface area contributed by atoms with Crippen molar-refractivity contribution in [2.75, 3.05) is 5.75 Å². The summed E-state index contributed by atoms with van der Waals surface area (Å²) < 4.78 is 0. The molecule has 4 aliphatic rings. The number of carbonyl (C=O) groups is 1. The molecule has 0 aliphatic heterocycles. The average Bonchev–Trinajstić information content (AvgIpc) is 3.14. The Labute approximate surface area is 234 Å². The molecule has 3 fully saturated rings. The summed E-state index contributed by atoms with van der Waals surface area (Å²) in [4.78, 5) is 18.5. The first-order valence-corrected chi connectivity index (χ1v) is 15.6. The molecular weight excluding hydrogens is 484 g/mol. The number of hydrogen-bond acceptors (Lipinski definition) is 4. The van der Waals surface area contributed by atoms with Gasteiger partial charge in [-0.15, -0.1) is 0 Å². The number of pyridine rings is 1. The molecule has 2 N–H and O–H groups in total. The number of fused-ring (bicyclic) bond motifs is 5. The number of nitrogens with zero attached hydrogens (tertiary/aromatic N) is 1. The monoisotopic (exact) mass is 532 g/mol. The molecule has 38 heavy (non-hydrogen) atoms. The molecule has 5 rings (SSSR count). The Morgan fingerprint density at radius 2 is 1.92 bits per heavy atom. The number of thioether (sulfide) groups is 1. The second kappa shape index (κ2) is 10.9. The first-order valence-electron chi connectivity index (χ1n) is 14.6. The third-order valence-electron chi connectivity index (χ3n) is 10.5. The standard InChI is InChI=1S/C31H40N2OS.C3H8/c1-7-21-8-11-27(33-20(21)3)35-18-26(34)30(5)15-13-24-23-10-9-22-16-19(2)12-14-29(22,4)28(23)25(32)17-31(24,30)6;1-3-2/h7-8,11-12,14,16,23-25,28H,2-3,9-10,13,15,17-18,32H2,1,4-6H3;3H2,1-2H3/b21-7-;/t23?,24?,25?,28?,29?,30-,31?;/m1./s1. The molecule has 3 saturated carbocycles. The van der Waals surface area contributed by atoms with Gasteiger partial charge in [-0.25, -0.2) is 4.98 Å². The maximum absolute atomic E-state index is 13.9. The lowest BCUT2D eigenvalue weighted by molar-refractivity contribution is -0.138. The molecule has 206 valence electrons. The van der Waals surface area contributed by atoms with Crippen LogP contribution in [0.2, 0.25) is 0 Å². The van der Waals surface area contributed by atoms with Gasteiger partial charge in [0.15, 0.2) is 0 Å². The number of allylic oxidation sites excluding steroid dienone is 5. The molecule has 4 heteroatoms. The highest BCUT2D eigenvalue weighted by atomic mass is 32.2. The zero-order chi connectivity index (χ0) is 27.9. The number of rotatable bonds is 4. The van der Waals surface area contributed by atoms with Crippen LogP contribution in [0.4, 0.5) is 0 Å². The van der Waals surface area contributed by atoms with Gasteiger partial charge in [-0.05, 0) is 79.1 Å². The number of hydrogen-bond donors (Lipinski definition) is 1. The molecule has 0 spiro atoms. The smallest absolute Gasteiger partial charge is 0.149 e. The number of Topliss-reactive ketones (excluding diaryl/α,β-unsaturated/α-hetero) is 1. The molecule has 7 atom stereocenters. The van der Waals surface area contributed by atoms with E-state index in [1.807, 2.05) is 25.1 Å². The zero-order valence-corrected chi connectivity index (χ0v) is 25.3. The highest BCUT2D eigenvalue weighted by Crippen LogP contribution is 2.69. The maximum Gasteiger partial charge on any atom is 0.149 e. The molecule has 1 aromatic heterocycles. The lowest BCUT2D eigenvalue weighted by Crippen LogP contribution is -2.60. The molecular formula is C34H48N2OS. The number of ketones is 1. The zero-order valence-electron chi connectivity index (χ0n) is 24.5. The minimum atomic E-state index is -0.342. The van der Waals surface area contributed by atoms with Gasteiger partial charge in [0.05, 0.1) is 16.1 Å². The van der Waals surface area contributed by atoms with Crippen molar-refractivity contribution in [2.45, 2.75) is 91.1 Å². The van der Waals surface area contributed by atoms with Crippen molar-refractivity contribution in [3.63, 3.8) is 0 Å². The van der Waals surface area contributed by atoms with Crippen molar-refractivity contribution in [1.82, 2.24) is 4.98 Å². The Morgan fingerprint density at radius 3 is 2.58 bits per heavy atom. The fourth-order valence-electron chi connectivity index (χ4n) is 8.37. The van der Waals surface area contributed by atoms with E-state index in [0.717, 1.165) is 46.9 Å². The molecule has 4 aliphatic carbocycles. The highest BCUT2D eigenvalue weighted by Gasteiger charge is 2.66. The van der Waals surface area contributed by atoms with Gasteiger partial charge in [0.2, 0.25) is 0 Å². The first kappa shape index (κ1) is 29.1. The third kappa shape index (κ3) is 4.70. The van der Waals surface area contributed by atoms with Gasteiger partial charge in [0.1, 0.15) is 5.78 Å². The van der Waals surface area contributed by atoms with Gasteiger partial charge >= 0.3 is 0 Å². The third-order valence-corrected chi connectivity index (χ3v) is 11.5. The van der Waals surface area contributed by atoms with Gasteiger partial charge in [-0.3, -0.25) is 4.79 Å². The fourth-order valence-corrected chi connectivity index (χ4v) is 9.31. The molecule has 0 bridgehead atoms. The largest absolute Gasteiger partial charge is 0.327 e. The number of aromatic nitrogens is 1. The fraction of sp³-hybridized carbons (Fsp3) is 0.588. The second-order valence-corrected chi connectivity index (χ2v) is 13.7. The Morgan fingerprint density at radius 1 is 1.21 bits per heavy atom. The predicted molar refractivity (Wildman–Crippen MR) is 163 cm³/mol.